The topological polar surface area (TPSA) is 22.1 Å². The van der Waals surface area contributed by atoms with Gasteiger partial charge in [-0.2, -0.15) is 0 Å². The molecule has 0 saturated carbocycles. The van der Waals surface area contributed by atoms with Crippen molar-refractivity contribution in [1.82, 2.24) is 4.98 Å². The molecule has 0 saturated heterocycles. The minimum atomic E-state index is 0.691. The molecule has 2 aromatic rings. The van der Waals surface area contributed by atoms with Crippen LogP contribution < -0.4 is 4.74 Å². The van der Waals surface area contributed by atoms with Crippen LogP contribution in [-0.2, 0) is 0 Å². The summed E-state index contributed by atoms with van der Waals surface area (Å²) in [5, 5.41) is 0.691. The number of ether oxygens (including phenoxy) is 1. The van der Waals surface area contributed by atoms with Crippen LogP contribution in [0.2, 0.25) is 5.02 Å². The Morgan fingerprint density at radius 2 is 1.87 bits per heavy atom. The molecule has 0 aliphatic carbocycles. The molecule has 0 aliphatic heterocycles. The summed E-state index contributed by atoms with van der Waals surface area (Å²) in [4.78, 5) is 4.24. The molecule has 1 aromatic carbocycles. The SMILES string of the molecule is COc1ccc(-c2cc(Cl)ccn2)cc1. The number of rotatable bonds is 2. The van der Waals surface area contributed by atoms with Crippen molar-refractivity contribution in [3.05, 3.63) is 47.6 Å². The van der Waals surface area contributed by atoms with Crippen LogP contribution in [0.25, 0.3) is 11.3 Å². The lowest BCUT2D eigenvalue weighted by molar-refractivity contribution is 0.415. The van der Waals surface area contributed by atoms with E-state index in [4.69, 9.17) is 16.3 Å². The molecule has 0 radical (unpaired) electrons. The average molecular weight is 220 g/mol. The molecule has 1 heterocycles. The molecular formula is C12H10ClNO. The molecule has 3 heteroatoms. The zero-order chi connectivity index (χ0) is 10.7. The van der Waals surface area contributed by atoms with Gasteiger partial charge < -0.3 is 4.74 Å². The summed E-state index contributed by atoms with van der Waals surface area (Å²) < 4.78 is 5.08. The number of pyridine rings is 1. The highest BCUT2D eigenvalue weighted by molar-refractivity contribution is 6.30. The fourth-order valence-electron chi connectivity index (χ4n) is 1.32. The molecule has 0 fully saturated rings. The van der Waals surface area contributed by atoms with Gasteiger partial charge >= 0.3 is 0 Å². The van der Waals surface area contributed by atoms with Gasteiger partial charge in [-0.15, -0.1) is 0 Å². The molecule has 76 valence electrons. The Bertz CT molecular complexity index is 453. The van der Waals surface area contributed by atoms with Crippen molar-refractivity contribution in [2.24, 2.45) is 0 Å². The molecule has 0 atom stereocenters. The first kappa shape index (κ1) is 9.99. The number of aromatic nitrogens is 1. The van der Waals surface area contributed by atoms with E-state index in [0.29, 0.717) is 5.02 Å². The van der Waals surface area contributed by atoms with Gasteiger partial charge in [-0.3, -0.25) is 4.98 Å². The minimum Gasteiger partial charge on any atom is -0.497 e. The molecule has 0 amide bonds. The van der Waals surface area contributed by atoms with Gasteiger partial charge in [0.05, 0.1) is 12.8 Å². The first-order chi connectivity index (χ1) is 7.29. The summed E-state index contributed by atoms with van der Waals surface area (Å²) in [6.45, 7) is 0. The summed E-state index contributed by atoms with van der Waals surface area (Å²) in [6, 6.07) is 11.3. The van der Waals surface area contributed by atoms with E-state index in [2.05, 4.69) is 4.98 Å². The van der Waals surface area contributed by atoms with Gasteiger partial charge in [0.2, 0.25) is 0 Å². The Morgan fingerprint density at radius 3 is 2.47 bits per heavy atom. The van der Waals surface area contributed by atoms with E-state index in [1.54, 1.807) is 19.4 Å². The van der Waals surface area contributed by atoms with Crippen molar-refractivity contribution in [3.8, 4) is 17.0 Å². The van der Waals surface area contributed by atoms with Crippen LogP contribution in [0, 0.1) is 0 Å². The van der Waals surface area contributed by atoms with Crippen molar-refractivity contribution in [2.45, 2.75) is 0 Å². The van der Waals surface area contributed by atoms with Gasteiger partial charge in [-0.25, -0.2) is 0 Å². The van der Waals surface area contributed by atoms with E-state index in [9.17, 15) is 0 Å². The zero-order valence-corrected chi connectivity index (χ0v) is 9.03. The van der Waals surface area contributed by atoms with Crippen LogP contribution >= 0.6 is 11.6 Å². The van der Waals surface area contributed by atoms with Crippen molar-refractivity contribution >= 4 is 11.6 Å². The average Bonchev–Trinajstić information content (AvgIpc) is 2.29. The maximum atomic E-state index is 5.89. The van der Waals surface area contributed by atoms with Crippen LogP contribution in [0.15, 0.2) is 42.6 Å². The number of hydrogen-bond acceptors (Lipinski definition) is 2. The molecule has 2 nitrogen and oxygen atoms in total. The van der Waals surface area contributed by atoms with Gasteiger partial charge in [0.25, 0.3) is 0 Å². The lowest BCUT2D eigenvalue weighted by Crippen LogP contribution is -1.84. The lowest BCUT2D eigenvalue weighted by atomic mass is 10.1. The van der Waals surface area contributed by atoms with Gasteiger partial charge in [-0.05, 0) is 36.4 Å². The van der Waals surface area contributed by atoms with Crippen LogP contribution in [-0.4, -0.2) is 12.1 Å². The molecule has 0 N–H and O–H groups in total. The van der Waals surface area contributed by atoms with Crippen molar-refractivity contribution in [2.75, 3.05) is 7.11 Å². The van der Waals surface area contributed by atoms with Crippen LogP contribution in [0.1, 0.15) is 0 Å². The first-order valence-electron chi connectivity index (χ1n) is 4.55. The zero-order valence-electron chi connectivity index (χ0n) is 8.27. The third kappa shape index (κ3) is 2.28. The third-order valence-corrected chi connectivity index (χ3v) is 2.34. The predicted molar refractivity (Wildman–Crippen MR) is 61.2 cm³/mol. The van der Waals surface area contributed by atoms with E-state index in [0.717, 1.165) is 17.0 Å². The molecule has 0 unspecified atom stereocenters. The van der Waals surface area contributed by atoms with E-state index < -0.39 is 0 Å². The van der Waals surface area contributed by atoms with Crippen molar-refractivity contribution in [3.63, 3.8) is 0 Å². The predicted octanol–water partition coefficient (Wildman–Crippen LogP) is 3.41. The minimum absolute atomic E-state index is 0.691. The molecule has 0 spiro atoms. The smallest absolute Gasteiger partial charge is 0.118 e. The summed E-state index contributed by atoms with van der Waals surface area (Å²) in [5.41, 5.74) is 1.89. The Morgan fingerprint density at radius 1 is 1.13 bits per heavy atom. The highest BCUT2D eigenvalue weighted by Crippen LogP contribution is 2.22. The number of halogens is 1. The molecule has 0 bridgehead atoms. The summed E-state index contributed by atoms with van der Waals surface area (Å²) in [5.74, 6) is 0.834. The van der Waals surface area contributed by atoms with Gasteiger partial charge in [0.15, 0.2) is 0 Å². The third-order valence-electron chi connectivity index (χ3n) is 2.11. The Kier molecular flexibility index (Phi) is 2.88. The molecule has 0 aliphatic rings. The maximum absolute atomic E-state index is 5.89. The van der Waals surface area contributed by atoms with Crippen LogP contribution in [0.3, 0.4) is 0 Å². The van der Waals surface area contributed by atoms with E-state index >= 15 is 0 Å². The Hall–Kier alpha value is -1.54. The Balaban J connectivity index is 2.37. The standard InChI is InChI=1S/C12H10ClNO/c1-15-11-4-2-9(3-5-11)12-8-10(13)6-7-14-12/h2-8H,1H3. The van der Waals surface area contributed by atoms with Crippen molar-refractivity contribution in [1.29, 1.82) is 0 Å². The van der Waals surface area contributed by atoms with Gasteiger partial charge in [-0.1, -0.05) is 11.6 Å². The molecule has 2 rings (SSSR count). The molecule has 1 aromatic heterocycles. The molecular weight excluding hydrogens is 210 g/mol. The summed E-state index contributed by atoms with van der Waals surface area (Å²) >= 11 is 5.89. The van der Waals surface area contributed by atoms with Crippen molar-refractivity contribution < 1.29 is 4.74 Å². The fourth-order valence-corrected chi connectivity index (χ4v) is 1.48. The number of benzene rings is 1. The summed E-state index contributed by atoms with van der Waals surface area (Å²) in [7, 11) is 1.65. The first-order valence-corrected chi connectivity index (χ1v) is 4.93. The fraction of sp³-hybridized carbons (Fsp3) is 0.0833. The molecule has 15 heavy (non-hydrogen) atoms. The normalized spacial score (nSPS) is 10.0. The van der Waals surface area contributed by atoms with Crippen LogP contribution in [0.4, 0.5) is 0 Å². The lowest BCUT2D eigenvalue weighted by Gasteiger charge is -2.03. The second kappa shape index (κ2) is 4.32. The maximum Gasteiger partial charge on any atom is 0.118 e. The Labute approximate surface area is 93.5 Å². The monoisotopic (exact) mass is 219 g/mol. The second-order valence-electron chi connectivity index (χ2n) is 3.09. The van der Waals surface area contributed by atoms with Gasteiger partial charge in [0, 0.05) is 16.8 Å². The van der Waals surface area contributed by atoms with E-state index in [1.165, 1.54) is 0 Å². The van der Waals surface area contributed by atoms with Gasteiger partial charge in [0.1, 0.15) is 5.75 Å². The van der Waals surface area contributed by atoms with Crippen LogP contribution in [0.5, 0.6) is 5.75 Å². The highest BCUT2D eigenvalue weighted by Gasteiger charge is 1.99. The highest BCUT2D eigenvalue weighted by atomic mass is 35.5. The quantitative estimate of drug-likeness (QED) is 0.772. The number of methoxy groups -OCH3 is 1. The number of hydrogen-bond donors (Lipinski definition) is 0. The second-order valence-corrected chi connectivity index (χ2v) is 3.52. The van der Waals surface area contributed by atoms with E-state index in [-0.39, 0.29) is 0 Å². The largest absolute Gasteiger partial charge is 0.497 e. The van der Waals surface area contributed by atoms with E-state index in [1.807, 2.05) is 30.3 Å². The number of nitrogens with zero attached hydrogens (tertiary/aromatic N) is 1. The summed E-state index contributed by atoms with van der Waals surface area (Å²) in [6.07, 6.45) is 1.70.